The lowest BCUT2D eigenvalue weighted by atomic mass is 9.84. The van der Waals surface area contributed by atoms with Gasteiger partial charge in [0.25, 0.3) is 11.8 Å². The molecule has 1 aromatic rings. The number of piperidine rings is 1. The van der Waals surface area contributed by atoms with Crippen LogP contribution in [0.1, 0.15) is 194 Å². The minimum Gasteiger partial charge on any atom is -0.343 e. The van der Waals surface area contributed by atoms with Gasteiger partial charge in [-0.15, -0.1) is 0 Å². The molecular formula is C73H110ClF3N12O12. The Kier molecular flexibility index (Phi) is 28.4. The zero-order chi connectivity index (χ0) is 74.7. The summed E-state index contributed by atoms with van der Waals surface area (Å²) in [5.41, 5.74) is -2.53. The van der Waals surface area contributed by atoms with E-state index >= 15 is 24.0 Å². The first-order chi connectivity index (χ1) is 47.5. The van der Waals surface area contributed by atoms with E-state index in [4.69, 9.17) is 11.6 Å². The largest absolute Gasteiger partial charge is 0.417 e. The van der Waals surface area contributed by atoms with Crippen molar-refractivity contribution in [1.29, 1.82) is 0 Å². The van der Waals surface area contributed by atoms with Crippen molar-refractivity contribution in [3.63, 3.8) is 0 Å². The third-order valence-electron chi connectivity index (χ3n) is 22.2. The molecule has 1 aromatic carbocycles. The number of nitrogens with one attached hydrogen (secondary N) is 2. The molecule has 562 valence electrons. The molecule has 5 fully saturated rings. The van der Waals surface area contributed by atoms with E-state index in [9.17, 15) is 46.7 Å². The van der Waals surface area contributed by atoms with Crippen molar-refractivity contribution in [2.24, 2.45) is 28.7 Å². The number of benzene rings is 1. The standard InChI is InChI=1S/C73H110ClF3N12O12/c1-14-46(6)60-69(99)82(9)47(7)64(94)89-39-33-55(89)67(97)84(11)56(41-48-24-17-15-18-25-48)66(96)81(8)43-58(90)78-52(31-29-49-28-30-50(51(74)40-49)73(75,76)77)65(95)88-38-23-26-54(88)63(93)80-72(34-19-20-35-72)71(101)86(13)61(45(4)5)70(100)85(12)57(68(98)87-36-21-16-22-37-87)42-59(91)83(10)53(62(92)79-60)32-27-44(2)3/h28,30,40,44-48,52-57,61H,14-27,29,31-39,41-43H2,1-13H3,(H,78,90)(H,80,93)/t46?,47?,52-,53?,54-,55-,56-,57-,61-/m0/s1. The summed E-state index contributed by atoms with van der Waals surface area (Å²) in [6.07, 6.45) is 4.02. The number of likely N-dealkylation sites (N-methyl/N-ethyl adjacent to an activating group) is 6. The average molecular weight is 1440 g/mol. The number of hydrogen-bond donors (Lipinski definition) is 2. The molecule has 2 aliphatic carbocycles. The Labute approximate surface area is 598 Å². The predicted molar refractivity (Wildman–Crippen MR) is 374 cm³/mol. The lowest BCUT2D eigenvalue weighted by molar-refractivity contribution is -0.159. The first-order valence-corrected chi connectivity index (χ1v) is 37.0. The molecule has 28 heteroatoms. The summed E-state index contributed by atoms with van der Waals surface area (Å²) in [6.45, 7) is 12.6. The van der Waals surface area contributed by atoms with E-state index < -0.39 is 166 Å². The van der Waals surface area contributed by atoms with Gasteiger partial charge in [0.1, 0.15) is 59.6 Å². The Morgan fingerprint density at radius 1 is 0.673 bits per heavy atom. The fraction of sp³-hybridized carbons (Fsp3) is 0.740. The number of amides is 12. The third-order valence-corrected chi connectivity index (χ3v) is 22.5. The van der Waals surface area contributed by atoms with E-state index in [1.54, 1.807) is 32.6 Å². The Hall–Kier alpha value is -7.19. The molecule has 12 amide bonds. The topological polar surface area (TPSA) is 270 Å². The molecule has 101 heavy (non-hydrogen) atoms. The Balaban J connectivity index is 1.30. The number of rotatable bonds is 12. The zero-order valence-corrected chi connectivity index (χ0v) is 62.4. The maximum Gasteiger partial charge on any atom is 0.417 e. The fourth-order valence-electron chi connectivity index (χ4n) is 15.4. The minimum absolute atomic E-state index is 0.0175. The lowest BCUT2D eigenvalue weighted by Crippen LogP contribution is -2.65. The number of likely N-dealkylation sites (tertiary alicyclic amines) is 1. The summed E-state index contributed by atoms with van der Waals surface area (Å²) in [5.74, 6) is -9.20. The number of carbonyl (C=O) groups is 12. The molecule has 6 aliphatic rings. The first kappa shape index (κ1) is 81.1. The highest BCUT2D eigenvalue weighted by Gasteiger charge is 2.51. The molecule has 3 saturated heterocycles. The van der Waals surface area contributed by atoms with Crippen molar-refractivity contribution in [3.8, 4) is 0 Å². The van der Waals surface area contributed by atoms with Gasteiger partial charge < -0.3 is 54.7 Å². The molecular weight excluding hydrogens is 1330 g/mol. The van der Waals surface area contributed by atoms with Crippen LogP contribution in [0.15, 0.2) is 23.2 Å². The van der Waals surface area contributed by atoms with Crippen molar-refractivity contribution in [2.45, 2.75) is 250 Å². The summed E-state index contributed by atoms with van der Waals surface area (Å²) in [5, 5.41) is 5.22. The highest BCUT2D eigenvalue weighted by atomic mass is 35.5. The number of alkyl halides is 3. The number of carbonyl (C=O) groups excluding carboxylic acids is 12. The van der Waals surface area contributed by atoms with Crippen molar-refractivity contribution in [3.05, 3.63) is 34.3 Å². The van der Waals surface area contributed by atoms with Gasteiger partial charge >= 0.3 is 6.18 Å². The summed E-state index contributed by atoms with van der Waals surface area (Å²) >= 11 is 6.16. The molecule has 0 bridgehead atoms. The molecule has 9 atom stereocenters. The summed E-state index contributed by atoms with van der Waals surface area (Å²) in [7, 11) is 8.54. The van der Waals surface area contributed by atoms with Crippen LogP contribution in [-0.2, 0) is 70.1 Å². The van der Waals surface area contributed by atoms with Crippen LogP contribution in [0.5, 0.6) is 0 Å². The Morgan fingerprint density at radius 3 is 1.89 bits per heavy atom. The van der Waals surface area contributed by atoms with Gasteiger partial charge in [-0.1, -0.05) is 104 Å². The maximum atomic E-state index is 15.5. The Morgan fingerprint density at radius 2 is 1.31 bits per heavy atom. The molecule has 0 aromatic heterocycles. The van der Waals surface area contributed by atoms with Crippen LogP contribution in [0.4, 0.5) is 13.2 Å². The molecule has 2 N–H and O–H groups in total. The van der Waals surface area contributed by atoms with Crippen LogP contribution in [0.25, 0.3) is 0 Å². The van der Waals surface area contributed by atoms with Gasteiger partial charge in [-0.3, -0.25) is 57.5 Å². The van der Waals surface area contributed by atoms with E-state index in [1.165, 1.54) is 84.7 Å². The summed E-state index contributed by atoms with van der Waals surface area (Å²) in [4.78, 5) is 196. The van der Waals surface area contributed by atoms with Crippen molar-refractivity contribution >= 4 is 88.2 Å². The molecule has 24 nitrogen and oxygen atoms in total. The van der Waals surface area contributed by atoms with Gasteiger partial charge in [0.2, 0.25) is 59.1 Å². The van der Waals surface area contributed by atoms with Crippen molar-refractivity contribution in [1.82, 2.24) is 54.7 Å². The van der Waals surface area contributed by atoms with Gasteiger partial charge in [-0.25, -0.2) is 4.99 Å². The molecule has 0 radical (unpaired) electrons. The minimum atomic E-state index is -4.76. The molecule has 1 spiro atoms. The van der Waals surface area contributed by atoms with Crippen LogP contribution < -0.4 is 10.6 Å². The number of fused-ring (bicyclic) bond motifs is 2. The third kappa shape index (κ3) is 19.4. The normalized spacial score (nSPS) is 26.9. The quantitative estimate of drug-likeness (QED) is 0.216. The number of nitrogens with zero attached hydrogens (tertiary/aromatic N) is 10. The number of halogens is 4. The fourth-order valence-corrected chi connectivity index (χ4v) is 15.7. The maximum absolute atomic E-state index is 15.5. The van der Waals surface area contributed by atoms with Gasteiger partial charge in [0.15, 0.2) is 0 Å². The van der Waals surface area contributed by atoms with Gasteiger partial charge in [0, 0.05) is 74.4 Å². The van der Waals surface area contributed by atoms with Gasteiger partial charge in [0.05, 0.1) is 23.6 Å². The molecule has 7 rings (SSSR count). The second-order valence-electron chi connectivity index (χ2n) is 30.1. The highest BCUT2D eigenvalue weighted by Crippen LogP contribution is 2.38. The number of hydrogen-bond acceptors (Lipinski definition) is 12. The van der Waals surface area contributed by atoms with E-state index in [1.807, 2.05) is 13.8 Å². The zero-order valence-electron chi connectivity index (χ0n) is 61.6. The Bertz CT molecular complexity index is 3240. The summed E-state index contributed by atoms with van der Waals surface area (Å²) < 4.78 is 41.6. The molecule has 2 saturated carbocycles. The highest BCUT2D eigenvalue weighted by molar-refractivity contribution is 6.41. The van der Waals surface area contributed by atoms with Crippen molar-refractivity contribution < 1.29 is 70.7 Å². The second-order valence-corrected chi connectivity index (χ2v) is 30.5. The van der Waals surface area contributed by atoms with E-state index in [-0.39, 0.29) is 82.0 Å². The molecule has 4 aliphatic heterocycles. The smallest absolute Gasteiger partial charge is 0.343 e. The van der Waals surface area contributed by atoms with Crippen LogP contribution in [0.2, 0.25) is 5.02 Å². The lowest BCUT2D eigenvalue weighted by Gasteiger charge is -2.45. The molecule has 4 heterocycles. The van der Waals surface area contributed by atoms with E-state index in [0.29, 0.717) is 63.6 Å². The SMILES string of the molecule is CCC(C)C1=NC(=O)C(CCC(C)C)N(C)C(=O)C[C@@H](C(=O)N2CCCCC2)N(C)C(=O)[C@H](C(C)C)N(C)C(=O)C2(CCCC2)NC(=O)[C@@H]2CCCN2C(=O)[C@H](CCc2ccc(C(F)(F)F)c(Cl)c2)NC(=O)CN(C)C(=O)[C@H](CC2CCCCC2)N(C)C(=O)[C@@H]2CCN2C(=O)C(C)N(C)C1=O. The molecule has 3 unspecified atom stereocenters. The number of aryl methyl sites for hydroxylation is 1. The van der Waals surface area contributed by atoms with Gasteiger partial charge in [-0.05, 0) is 132 Å². The van der Waals surface area contributed by atoms with Crippen LogP contribution in [0.3, 0.4) is 0 Å². The van der Waals surface area contributed by atoms with E-state index in [2.05, 4.69) is 15.6 Å². The van der Waals surface area contributed by atoms with Crippen LogP contribution in [0, 0.1) is 23.7 Å². The number of aliphatic imine (C=N–C) groups is 1. The van der Waals surface area contributed by atoms with Crippen molar-refractivity contribution in [2.75, 3.05) is 75.0 Å². The van der Waals surface area contributed by atoms with E-state index in [0.717, 1.165) is 60.5 Å². The second kappa shape index (κ2) is 35.3. The van der Waals surface area contributed by atoms with Crippen LogP contribution in [-0.4, -0.2) is 250 Å². The van der Waals surface area contributed by atoms with Gasteiger partial charge in [-0.2, -0.15) is 13.2 Å². The predicted octanol–water partition coefficient (Wildman–Crippen LogP) is 6.90. The summed E-state index contributed by atoms with van der Waals surface area (Å²) in [6, 6.07) is -6.79. The monoisotopic (exact) mass is 1440 g/mol. The van der Waals surface area contributed by atoms with Crippen LogP contribution >= 0.6 is 11.6 Å². The average Bonchev–Trinajstić information content (AvgIpc) is 1.76. The first-order valence-electron chi connectivity index (χ1n) is 36.6.